The maximum absolute atomic E-state index is 9.67. The van der Waals surface area contributed by atoms with E-state index in [1.165, 1.54) is 62.6 Å². The molecule has 0 fully saturated rings. The number of aryl methyl sites for hydroxylation is 2. The van der Waals surface area contributed by atoms with Crippen molar-refractivity contribution in [3.05, 3.63) is 322 Å². The number of nitrogens with one attached hydrogen (secondary N) is 1. The molecule has 0 spiro atoms. The van der Waals surface area contributed by atoms with Crippen LogP contribution in [0, 0.1) is 11.3 Å². The Hall–Kier alpha value is -8.09. The number of hydrogen-bond donors (Lipinski definition) is 0. The topological polar surface area (TPSA) is 92.1 Å². The maximum atomic E-state index is 9.67. The second-order valence-corrected chi connectivity index (χ2v) is 19.0. The number of benzene rings is 3. The monoisotopic (exact) mass is 1720 g/mol. The Morgan fingerprint density at radius 1 is 0.459 bits per heavy atom. The van der Waals surface area contributed by atoms with Crippen molar-refractivity contribution in [2.75, 3.05) is 4.93 Å². The summed E-state index contributed by atoms with van der Waals surface area (Å²) in [5, 5.41) is 7.32. The summed E-state index contributed by atoms with van der Waals surface area (Å²) in [4.78, 5) is 16.8. The average molecular weight is 1720 g/mol. The number of nitriles is 1. The Bertz CT molecular complexity index is 3490. The quantitative estimate of drug-likeness (QED) is 0.0619. The molecule has 1 N–H and O–H groups in total. The zero-order valence-electron chi connectivity index (χ0n) is 55.7. The molecule has 8 heterocycles. The third-order valence-corrected chi connectivity index (χ3v) is 12.7. The van der Waals surface area contributed by atoms with E-state index < -0.39 is 15.1 Å². The molecule has 8 aromatic heterocycles. The van der Waals surface area contributed by atoms with Crippen LogP contribution >= 0.6 is 34.2 Å². The number of halogens is 13. The minimum Gasteiger partial charge on any atom is -1.00 e. The van der Waals surface area contributed by atoms with Gasteiger partial charge in [0.2, 0.25) is 0 Å². The van der Waals surface area contributed by atoms with Gasteiger partial charge in [-0.3, -0.25) is 40.8 Å². The number of nitrogens with zero attached hydrogens (tertiary/aromatic N) is 8. The molecule has 0 amide bonds. The predicted molar refractivity (Wildman–Crippen MR) is 378 cm³/mol. The van der Waals surface area contributed by atoms with E-state index in [-0.39, 0.29) is 69.8 Å². The molecule has 0 aliphatic heterocycles. The summed E-state index contributed by atoms with van der Waals surface area (Å²) in [5.74, 6) is 0.581. The summed E-state index contributed by atoms with van der Waals surface area (Å²) in [6.45, 7) is 16.7. The molecule has 0 aliphatic carbocycles. The molecule has 9 nitrogen and oxygen atoms in total. The van der Waals surface area contributed by atoms with Crippen LogP contribution in [0.4, 0.5) is 25.9 Å². The first kappa shape index (κ1) is 94.1. The second kappa shape index (κ2) is 60.1. The van der Waals surface area contributed by atoms with E-state index in [9.17, 15) is 25.9 Å². The van der Waals surface area contributed by atoms with Gasteiger partial charge in [-0.1, -0.05) is 147 Å². The largest absolute Gasteiger partial charge is 1.00 e. The average Bonchev–Trinajstić information content (AvgIpc) is 0.885. The van der Waals surface area contributed by atoms with Crippen LogP contribution in [0.25, 0.3) is 62.7 Å². The lowest BCUT2D eigenvalue weighted by molar-refractivity contribution is -0.688. The number of rotatable bonds is 12. The van der Waals surface area contributed by atoms with Gasteiger partial charge < -0.3 is 69.8 Å². The molecule has 516 valence electrons. The molecule has 98 heavy (non-hydrogen) atoms. The maximum Gasteiger partial charge on any atom is 0.762 e. The first-order valence-electron chi connectivity index (χ1n) is 29.4. The van der Waals surface area contributed by atoms with Crippen molar-refractivity contribution < 1.29 is 120 Å². The van der Waals surface area contributed by atoms with Crippen LogP contribution in [0.2, 0.25) is 0 Å². The Labute approximate surface area is 634 Å². The van der Waals surface area contributed by atoms with E-state index in [0.717, 1.165) is 35.3 Å². The zero-order chi connectivity index (χ0) is 69.1. The van der Waals surface area contributed by atoms with E-state index in [1.54, 1.807) is 50.2 Å². The minimum atomic E-state index is -3.67. The van der Waals surface area contributed by atoms with E-state index in [0.29, 0.717) is 12.8 Å². The van der Waals surface area contributed by atoms with E-state index in [2.05, 4.69) is 218 Å². The molecule has 0 unspecified atom stereocenters. The highest BCUT2D eigenvalue weighted by molar-refractivity contribution is 14.1. The molecule has 0 atom stereocenters. The molecule has 11 rings (SSSR count). The highest BCUT2D eigenvalue weighted by Gasteiger charge is 2.09. The van der Waals surface area contributed by atoms with Gasteiger partial charge in [-0.05, 0) is 108 Å². The van der Waals surface area contributed by atoms with Gasteiger partial charge in [-0.25, -0.2) is 23.3 Å². The van der Waals surface area contributed by atoms with E-state index in [1.807, 2.05) is 132 Å². The molecule has 0 bridgehead atoms. The first-order chi connectivity index (χ1) is 45.6. The van der Waals surface area contributed by atoms with Crippen molar-refractivity contribution >= 4 is 67.5 Å². The van der Waals surface area contributed by atoms with Crippen molar-refractivity contribution in [3.63, 3.8) is 0 Å². The Morgan fingerprint density at radius 2 is 0.663 bits per heavy atom. The van der Waals surface area contributed by atoms with Crippen LogP contribution in [-0.2, 0) is 33.1 Å². The van der Waals surface area contributed by atoms with Crippen LogP contribution in [0.5, 0.6) is 0 Å². The van der Waals surface area contributed by atoms with Crippen LogP contribution in [0.3, 0.4) is 0 Å². The van der Waals surface area contributed by atoms with E-state index in [4.69, 9.17) is 18.2 Å². The van der Waals surface area contributed by atoms with Gasteiger partial charge in [0.1, 0.15) is 14.1 Å². The molecule has 24 heteroatoms. The van der Waals surface area contributed by atoms with Gasteiger partial charge in [0.15, 0.2) is 75.1 Å². The van der Waals surface area contributed by atoms with Crippen LogP contribution in [-0.4, -0.2) is 35.0 Å². The predicted octanol–water partition coefficient (Wildman–Crippen LogP) is 2.48. The van der Waals surface area contributed by atoms with Crippen molar-refractivity contribution in [2.24, 2.45) is 14.1 Å². The molecular formula is C74H78B2Cl2F8I3N9. The fourth-order valence-corrected chi connectivity index (χ4v) is 7.97. The smallest absolute Gasteiger partial charge is 0.762 e. The van der Waals surface area contributed by atoms with Gasteiger partial charge in [0.25, 0.3) is 0 Å². The zero-order valence-corrected chi connectivity index (χ0v) is 62.7. The van der Waals surface area contributed by atoms with Gasteiger partial charge in [0, 0.05) is 123 Å². The number of aromatic amines is 1. The van der Waals surface area contributed by atoms with Crippen molar-refractivity contribution in [2.45, 2.75) is 39.7 Å². The summed E-state index contributed by atoms with van der Waals surface area (Å²) in [7, 11) is -3.28. The Balaban J connectivity index is -0.000000546. The van der Waals surface area contributed by atoms with Gasteiger partial charge >= 0.3 is 15.1 Å². The third-order valence-electron chi connectivity index (χ3n) is 12.4. The fourth-order valence-electron chi connectivity index (χ4n) is 7.79. The molecule has 0 radical (unpaired) electrons. The SMILES string of the molecule is C=Cc1ccc(CCl)cc1.C=Cc1ccc(C[n+]2ccc(-c3cc[n+](C)cc3)cc2)cc1.C=Cc1ccc(C[n+]2ccc(-c3cc[n+](C)cc3)cc2)cc1.CC#N.CI.FB(F)F.FB(F)F.[2H]CC.[Cl-].[F-].[F-].[I-].[I-].c1cc(-c2cc[nH+]cc2)ccn1.c1cc(-c2ccncc2)ccn1. The number of aromatic nitrogens is 8. The number of pyridine rings is 8. The summed E-state index contributed by atoms with van der Waals surface area (Å²) >= 11 is 7.75. The Morgan fingerprint density at radius 3 is 0.888 bits per heavy atom. The number of H-pyrrole nitrogens is 1. The molecule has 0 saturated heterocycles. The normalized spacial score (nSPS) is 8.88. The molecule has 11 aromatic rings. The van der Waals surface area contributed by atoms with Gasteiger partial charge in [-0.15, -0.1) is 11.6 Å². The summed E-state index contributed by atoms with van der Waals surface area (Å²) in [5.41, 5.74) is 16.8. The standard InChI is InChI=1S/2C20H20N2.2C10H8N2.C9H9Cl.C2H3N.C2H6.CH3I.2BF3.ClH.2FH.2HI/c2*1-3-17-4-6-18(7-5-17)16-22-14-10-20(11-15-22)19-8-12-21(2)13-9-19;2*1-5-11-6-2-9(1)10-3-7-12-8-4-10;1-2-8-3-5-9(7-10)6-4-8;1-2-3;2*1-2;2*2-1(3)4;;;;;/h2*3-15H,1,16H2,2H3;2*1-8H;2-6H,1,7H2;1H3;1-2H3;1H3;;;5*1H/q2*+2;;;;;;;;;;;;;/p-4/i;;;;;;1D;;;;;;;;. The number of hydrogen-bond acceptors (Lipinski definition) is 4. The van der Waals surface area contributed by atoms with E-state index >= 15 is 0 Å². The van der Waals surface area contributed by atoms with Gasteiger partial charge in [0.05, 0.1) is 6.07 Å². The summed E-state index contributed by atoms with van der Waals surface area (Å²) in [6.07, 6.45) is 36.9. The highest BCUT2D eigenvalue weighted by Crippen LogP contribution is 2.19. The minimum absolute atomic E-state index is 0. The van der Waals surface area contributed by atoms with Crippen molar-refractivity contribution in [1.29, 1.82) is 5.26 Å². The molecule has 0 saturated carbocycles. The third kappa shape index (κ3) is 41.9. The van der Waals surface area contributed by atoms with Gasteiger partial charge in [-0.2, -0.15) is 5.26 Å². The van der Waals surface area contributed by atoms with Crippen LogP contribution in [0.15, 0.2) is 289 Å². The lowest BCUT2D eigenvalue weighted by Gasteiger charge is -2.01. The van der Waals surface area contributed by atoms with Crippen LogP contribution < -0.4 is 93.0 Å². The number of alkyl halides is 2. The van der Waals surface area contributed by atoms with Crippen molar-refractivity contribution in [3.8, 4) is 50.6 Å². The fraction of sp³-hybridized carbons (Fsp3) is 0.122. The van der Waals surface area contributed by atoms with Crippen LogP contribution in [0.1, 0.15) is 55.5 Å². The lowest BCUT2D eigenvalue weighted by Crippen LogP contribution is -3.00. The molecule has 3 aromatic carbocycles. The first-order valence-corrected chi connectivity index (χ1v) is 31.4. The molecule has 0 aliphatic rings. The molecular weight excluding hydrogens is 1640 g/mol. The highest BCUT2D eigenvalue weighted by atomic mass is 127. The summed E-state index contributed by atoms with van der Waals surface area (Å²) < 4.78 is 72.7. The van der Waals surface area contributed by atoms with Crippen molar-refractivity contribution in [1.82, 2.24) is 15.0 Å². The summed E-state index contributed by atoms with van der Waals surface area (Å²) in [6, 6.07) is 59.9. The Kier molecular flexibility index (Phi) is 57.7. The lowest BCUT2D eigenvalue weighted by atomic mass is 10.1. The second-order valence-electron chi connectivity index (χ2n) is 18.7.